The van der Waals surface area contributed by atoms with Crippen molar-refractivity contribution in [3.63, 3.8) is 0 Å². The zero-order valence-electron chi connectivity index (χ0n) is 5.50. The molecule has 0 saturated heterocycles. The first-order valence-corrected chi connectivity index (χ1v) is 3.34. The van der Waals surface area contributed by atoms with Crippen LogP contribution in [0.25, 0.3) is 0 Å². The van der Waals surface area contributed by atoms with Crippen molar-refractivity contribution in [1.29, 1.82) is 0 Å². The molecule has 1 aromatic heterocycles. The number of nitrogens with zero attached hydrogens (tertiary/aromatic N) is 3. The van der Waals surface area contributed by atoms with E-state index in [0.29, 0.717) is 5.75 Å². The molecule has 0 N–H and O–H groups in total. The summed E-state index contributed by atoms with van der Waals surface area (Å²) in [6.45, 7) is 1.87. The SMILES string of the molecule is Cc1nc(CS)n(C)n1. The number of aromatic nitrogens is 3. The Balaban J connectivity index is 3.01. The molecule has 3 nitrogen and oxygen atoms in total. The summed E-state index contributed by atoms with van der Waals surface area (Å²) in [4.78, 5) is 4.10. The van der Waals surface area contributed by atoms with Crippen LogP contribution in [-0.2, 0) is 12.8 Å². The van der Waals surface area contributed by atoms with Crippen molar-refractivity contribution in [3.8, 4) is 0 Å². The number of thiol groups is 1. The van der Waals surface area contributed by atoms with Crippen LogP contribution >= 0.6 is 12.6 Å². The highest BCUT2D eigenvalue weighted by atomic mass is 32.1. The first kappa shape index (κ1) is 6.61. The Labute approximate surface area is 59.5 Å². The lowest BCUT2D eigenvalue weighted by atomic mass is 10.7. The molecule has 4 heteroatoms. The van der Waals surface area contributed by atoms with Gasteiger partial charge in [-0.15, -0.1) is 0 Å². The van der Waals surface area contributed by atoms with Crippen molar-refractivity contribution in [2.45, 2.75) is 12.7 Å². The lowest BCUT2D eigenvalue weighted by Gasteiger charge is -1.89. The fourth-order valence-corrected chi connectivity index (χ4v) is 0.969. The second-order valence-corrected chi connectivity index (χ2v) is 2.17. The molecule has 0 amide bonds. The Hall–Kier alpha value is -0.510. The Bertz CT molecular complexity index is 206. The summed E-state index contributed by atoms with van der Waals surface area (Å²) < 4.78 is 1.74. The fourth-order valence-electron chi connectivity index (χ4n) is 0.694. The molecule has 1 heterocycles. The van der Waals surface area contributed by atoms with E-state index in [9.17, 15) is 0 Å². The van der Waals surface area contributed by atoms with Crippen LogP contribution < -0.4 is 0 Å². The van der Waals surface area contributed by atoms with Crippen LogP contribution in [-0.4, -0.2) is 14.8 Å². The lowest BCUT2D eigenvalue weighted by molar-refractivity contribution is 0.724. The van der Waals surface area contributed by atoms with E-state index in [-0.39, 0.29) is 0 Å². The van der Waals surface area contributed by atoms with E-state index in [2.05, 4.69) is 22.7 Å². The van der Waals surface area contributed by atoms with Gasteiger partial charge in [0, 0.05) is 7.05 Å². The summed E-state index contributed by atoms with van der Waals surface area (Å²) in [6.07, 6.45) is 0. The number of hydrogen-bond donors (Lipinski definition) is 1. The minimum absolute atomic E-state index is 0.650. The predicted octanol–water partition coefficient (Wildman–Crippen LogP) is 0.553. The maximum atomic E-state index is 4.10. The number of hydrogen-bond acceptors (Lipinski definition) is 3. The van der Waals surface area contributed by atoms with Gasteiger partial charge in [0.05, 0.1) is 5.75 Å². The van der Waals surface area contributed by atoms with Crippen molar-refractivity contribution in [1.82, 2.24) is 14.8 Å². The highest BCUT2D eigenvalue weighted by Crippen LogP contribution is 1.97. The predicted molar refractivity (Wildman–Crippen MR) is 38.4 cm³/mol. The molecule has 0 bridgehead atoms. The Morgan fingerprint density at radius 1 is 1.67 bits per heavy atom. The van der Waals surface area contributed by atoms with E-state index in [1.54, 1.807) is 4.68 Å². The highest BCUT2D eigenvalue weighted by molar-refractivity contribution is 7.79. The Morgan fingerprint density at radius 2 is 2.33 bits per heavy atom. The molecule has 0 aliphatic heterocycles. The van der Waals surface area contributed by atoms with Crippen molar-refractivity contribution in [2.75, 3.05) is 0 Å². The second kappa shape index (κ2) is 2.39. The van der Waals surface area contributed by atoms with E-state index < -0.39 is 0 Å². The van der Waals surface area contributed by atoms with Crippen molar-refractivity contribution in [3.05, 3.63) is 11.6 Å². The summed E-state index contributed by atoms with van der Waals surface area (Å²) in [6, 6.07) is 0. The summed E-state index contributed by atoms with van der Waals surface area (Å²) in [5.41, 5.74) is 0. The molecule has 0 fully saturated rings. The van der Waals surface area contributed by atoms with Gasteiger partial charge in [-0.05, 0) is 6.92 Å². The summed E-state index contributed by atoms with van der Waals surface area (Å²) in [5.74, 6) is 2.37. The molecule has 1 aromatic rings. The van der Waals surface area contributed by atoms with Gasteiger partial charge in [-0.2, -0.15) is 17.7 Å². The van der Waals surface area contributed by atoms with E-state index in [1.807, 2.05) is 14.0 Å². The molecular weight excluding hydrogens is 134 g/mol. The first-order valence-electron chi connectivity index (χ1n) is 2.71. The second-order valence-electron chi connectivity index (χ2n) is 1.86. The Kier molecular flexibility index (Phi) is 1.75. The summed E-state index contributed by atoms with van der Waals surface area (Å²) in [5, 5.41) is 4.04. The van der Waals surface area contributed by atoms with Gasteiger partial charge in [-0.3, -0.25) is 4.68 Å². The zero-order valence-corrected chi connectivity index (χ0v) is 6.39. The van der Waals surface area contributed by atoms with Crippen molar-refractivity contribution >= 4 is 12.6 Å². The van der Waals surface area contributed by atoms with Gasteiger partial charge in [-0.1, -0.05) is 0 Å². The molecule has 0 spiro atoms. The molecule has 0 atom stereocenters. The maximum absolute atomic E-state index is 4.10. The lowest BCUT2D eigenvalue weighted by Crippen LogP contribution is -1.95. The van der Waals surface area contributed by atoms with Gasteiger partial charge in [-0.25, -0.2) is 4.98 Å². The monoisotopic (exact) mass is 143 g/mol. The van der Waals surface area contributed by atoms with Gasteiger partial charge in [0.2, 0.25) is 0 Å². The molecule has 0 saturated carbocycles. The third kappa shape index (κ3) is 1.24. The van der Waals surface area contributed by atoms with Crippen LogP contribution in [0.5, 0.6) is 0 Å². The van der Waals surface area contributed by atoms with Crippen LogP contribution in [0.3, 0.4) is 0 Å². The first-order chi connectivity index (χ1) is 4.24. The molecule has 0 aliphatic carbocycles. The third-order valence-electron chi connectivity index (χ3n) is 1.10. The topological polar surface area (TPSA) is 30.7 Å². The van der Waals surface area contributed by atoms with Gasteiger partial charge < -0.3 is 0 Å². The van der Waals surface area contributed by atoms with Crippen LogP contribution in [0.4, 0.5) is 0 Å². The smallest absolute Gasteiger partial charge is 0.147 e. The maximum Gasteiger partial charge on any atom is 0.147 e. The van der Waals surface area contributed by atoms with E-state index >= 15 is 0 Å². The van der Waals surface area contributed by atoms with Gasteiger partial charge in [0.25, 0.3) is 0 Å². The average Bonchev–Trinajstić information content (AvgIpc) is 2.10. The molecule has 9 heavy (non-hydrogen) atoms. The molecule has 0 radical (unpaired) electrons. The average molecular weight is 143 g/mol. The van der Waals surface area contributed by atoms with Crippen LogP contribution in [0, 0.1) is 6.92 Å². The number of aryl methyl sites for hydroxylation is 2. The van der Waals surface area contributed by atoms with Crippen LogP contribution in [0.15, 0.2) is 0 Å². The van der Waals surface area contributed by atoms with Crippen molar-refractivity contribution < 1.29 is 0 Å². The Morgan fingerprint density at radius 3 is 2.56 bits per heavy atom. The molecule has 0 unspecified atom stereocenters. The van der Waals surface area contributed by atoms with E-state index in [0.717, 1.165) is 11.6 Å². The molecule has 0 aromatic carbocycles. The summed E-state index contributed by atoms with van der Waals surface area (Å²) in [7, 11) is 1.87. The molecule has 50 valence electrons. The standard InChI is InChI=1S/C5H9N3S/c1-4-6-5(3-9)8(2)7-4/h9H,3H2,1-2H3. The normalized spacial score (nSPS) is 10.1. The van der Waals surface area contributed by atoms with Crippen molar-refractivity contribution in [2.24, 2.45) is 7.05 Å². The quantitative estimate of drug-likeness (QED) is 0.582. The van der Waals surface area contributed by atoms with Crippen LogP contribution in [0.1, 0.15) is 11.6 Å². The number of rotatable bonds is 1. The van der Waals surface area contributed by atoms with Gasteiger partial charge >= 0.3 is 0 Å². The van der Waals surface area contributed by atoms with E-state index in [4.69, 9.17) is 0 Å². The van der Waals surface area contributed by atoms with Crippen LogP contribution in [0.2, 0.25) is 0 Å². The largest absolute Gasteiger partial charge is 0.252 e. The third-order valence-corrected chi connectivity index (χ3v) is 1.38. The van der Waals surface area contributed by atoms with Gasteiger partial charge in [0.15, 0.2) is 0 Å². The fraction of sp³-hybridized carbons (Fsp3) is 0.600. The summed E-state index contributed by atoms with van der Waals surface area (Å²) >= 11 is 4.07. The van der Waals surface area contributed by atoms with E-state index in [1.165, 1.54) is 0 Å². The van der Waals surface area contributed by atoms with Gasteiger partial charge in [0.1, 0.15) is 11.6 Å². The highest BCUT2D eigenvalue weighted by Gasteiger charge is 1.98. The minimum atomic E-state index is 0.650. The molecular formula is C5H9N3S. The zero-order chi connectivity index (χ0) is 6.85. The minimum Gasteiger partial charge on any atom is -0.252 e. The molecule has 0 aliphatic rings. The molecule has 1 rings (SSSR count).